The topological polar surface area (TPSA) is 66.8 Å². The van der Waals surface area contributed by atoms with E-state index in [2.05, 4.69) is 16.6 Å². The first-order chi connectivity index (χ1) is 13.3. The van der Waals surface area contributed by atoms with Gasteiger partial charge in [0.05, 0.1) is 19.6 Å². The molecule has 0 radical (unpaired) electrons. The lowest BCUT2D eigenvalue weighted by molar-refractivity contribution is -0.140. The van der Waals surface area contributed by atoms with Gasteiger partial charge in [0.25, 0.3) is 5.92 Å². The van der Waals surface area contributed by atoms with Gasteiger partial charge in [-0.1, -0.05) is 37.8 Å². The van der Waals surface area contributed by atoms with E-state index in [4.69, 9.17) is 0 Å². The van der Waals surface area contributed by atoms with Gasteiger partial charge in [0.15, 0.2) is 0 Å². The van der Waals surface area contributed by atoms with E-state index in [1.807, 2.05) is 0 Å². The van der Waals surface area contributed by atoms with Crippen LogP contribution < -0.4 is 0 Å². The van der Waals surface area contributed by atoms with Gasteiger partial charge < -0.3 is 14.7 Å². The van der Waals surface area contributed by atoms with Gasteiger partial charge in [-0.3, -0.25) is 9.59 Å². The van der Waals surface area contributed by atoms with Crippen LogP contribution in [0, 0.1) is 11.8 Å². The Bertz CT molecular complexity index is 595. The molecule has 1 amide bonds. The van der Waals surface area contributed by atoms with Crippen molar-refractivity contribution >= 4 is 11.9 Å². The standard InChI is InChI=1S/C21H31F2NO4/c1-3-4-8-15-21(22,23)18(25)13-11-17-12-14-19(26)24(17)16-9-6-5-7-10-20(27)28-2/h11,13,17-18,25H,3,5-7,9-10,12,14-16H2,1-2H3/t17-,18+/m0/s1. The van der Waals surface area contributed by atoms with Crippen molar-refractivity contribution in [1.29, 1.82) is 0 Å². The Balaban J connectivity index is 2.45. The highest BCUT2D eigenvalue weighted by Gasteiger charge is 2.36. The first kappa shape index (κ1) is 24.1. The van der Waals surface area contributed by atoms with E-state index >= 15 is 0 Å². The number of carbonyl (C=O) groups is 2. The Hall–Kier alpha value is -1.94. The number of methoxy groups -OCH3 is 1. The highest BCUT2D eigenvalue weighted by atomic mass is 19.3. The molecule has 0 spiro atoms. The number of ether oxygens (including phenoxy) is 1. The minimum absolute atomic E-state index is 0.000673. The number of hydrogen-bond acceptors (Lipinski definition) is 4. The van der Waals surface area contributed by atoms with Crippen molar-refractivity contribution in [2.45, 2.75) is 82.8 Å². The molecule has 158 valence electrons. The molecule has 1 heterocycles. The Morgan fingerprint density at radius 2 is 2.07 bits per heavy atom. The molecule has 0 aromatic heterocycles. The molecule has 1 rings (SSSR count). The van der Waals surface area contributed by atoms with E-state index in [1.165, 1.54) is 13.2 Å². The number of amides is 1. The predicted octanol–water partition coefficient (Wildman–Crippen LogP) is 3.46. The molecule has 1 N–H and O–H groups in total. The third kappa shape index (κ3) is 8.39. The average molecular weight is 399 g/mol. The van der Waals surface area contributed by atoms with E-state index in [9.17, 15) is 23.5 Å². The minimum atomic E-state index is -3.31. The van der Waals surface area contributed by atoms with Gasteiger partial charge in [-0.15, -0.1) is 5.92 Å². The molecule has 0 saturated carbocycles. The van der Waals surface area contributed by atoms with Crippen LogP contribution in [0.2, 0.25) is 0 Å². The third-order valence-electron chi connectivity index (χ3n) is 4.71. The second kappa shape index (κ2) is 12.5. The number of esters is 1. The van der Waals surface area contributed by atoms with Crippen molar-refractivity contribution in [2.75, 3.05) is 13.7 Å². The highest BCUT2D eigenvalue weighted by Crippen LogP contribution is 2.26. The maximum absolute atomic E-state index is 13.9. The molecule has 7 heteroatoms. The summed E-state index contributed by atoms with van der Waals surface area (Å²) in [5, 5.41) is 9.78. The zero-order chi connectivity index (χ0) is 21.0. The summed E-state index contributed by atoms with van der Waals surface area (Å²) in [6.45, 7) is 2.31. The molecule has 1 saturated heterocycles. The van der Waals surface area contributed by atoms with Gasteiger partial charge in [0, 0.05) is 25.8 Å². The summed E-state index contributed by atoms with van der Waals surface area (Å²) in [6, 6.07) is -0.269. The normalized spacial score (nSPS) is 18.2. The van der Waals surface area contributed by atoms with Crippen molar-refractivity contribution in [3.63, 3.8) is 0 Å². The lowest BCUT2D eigenvalue weighted by atomic mass is 10.1. The van der Waals surface area contributed by atoms with Crippen molar-refractivity contribution in [3.05, 3.63) is 12.2 Å². The van der Waals surface area contributed by atoms with E-state index in [-0.39, 0.29) is 17.9 Å². The maximum atomic E-state index is 13.9. The number of aliphatic hydroxyl groups excluding tert-OH is 1. The summed E-state index contributed by atoms with van der Waals surface area (Å²) in [4.78, 5) is 24.8. The molecule has 0 aromatic carbocycles. The summed E-state index contributed by atoms with van der Waals surface area (Å²) in [6.07, 6.45) is 5.05. The average Bonchev–Trinajstić information content (AvgIpc) is 3.02. The van der Waals surface area contributed by atoms with Crippen LogP contribution in [0.5, 0.6) is 0 Å². The summed E-state index contributed by atoms with van der Waals surface area (Å²) in [7, 11) is 1.36. The van der Waals surface area contributed by atoms with Gasteiger partial charge in [-0.05, 0) is 19.3 Å². The Morgan fingerprint density at radius 1 is 1.36 bits per heavy atom. The number of unbranched alkanes of at least 4 members (excludes halogenated alkanes) is 3. The van der Waals surface area contributed by atoms with E-state index in [0.717, 1.165) is 31.8 Å². The van der Waals surface area contributed by atoms with Crippen LogP contribution in [0.15, 0.2) is 12.2 Å². The molecule has 0 bridgehead atoms. The predicted molar refractivity (Wildman–Crippen MR) is 103 cm³/mol. The molecule has 1 fully saturated rings. The van der Waals surface area contributed by atoms with Gasteiger partial charge in [0.1, 0.15) is 6.10 Å². The van der Waals surface area contributed by atoms with E-state index in [1.54, 1.807) is 11.8 Å². The Kier molecular flexibility index (Phi) is 10.8. The molecule has 5 nitrogen and oxygen atoms in total. The van der Waals surface area contributed by atoms with Gasteiger partial charge >= 0.3 is 5.97 Å². The van der Waals surface area contributed by atoms with Gasteiger partial charge in [-0.2, -0.15) is 0 Å². The Morgan fingerprint density at radius 3 is 2.75 bits per heavy atom. The number of carbonyl (C=O) groups excluding carboxylic acids is 2. The number of likely N-dealkylation sites (tertiary alicyclic amines) is 1. The molecule has 1 aliphatic heterocycles. The first-order valence-electron chi connectivity index (χ1n) is 9.88. The summed E-state index contributed by atoms with van der Waals surface area (Å²) < 4.78 is 32.3. The van der Waals surface area contributed by atoms with Crippen molar-refractivity contribution in [2.24, 2.45) is 0 Å². The smallest absolute Gasteiger partial charge is 0.305 e. The van der Waals surface area contributed by atoms with Crippen LogP contribution in [0.1, 0.15) is 64.7 Å². The number of aliphatic hydroxyl groups is 1. The largest absolute Gasteiger partial charge is 0.469 e. The molecule has 0 unspecified atom stereocenters. The zero-order valence-corrected chi connectivity index (χ0v) is 16.8. The second-order valence-corrected chi connectivity index (χ2v) is 6.91. The molecule has 0 aliphatic carbocycles. The van der Waals surface area contributed by atoms with E-state index in [0.29, 0.717) is 32.2 Å². The number of hydrogen-bond donors (Lipinski definition) is 1. The number of nitrogens with zero attached hydrogens (tertiary/aromatic N) is 1. The summed E-state index contributed by atoms with van der Waals surface area (Å²) in [5.74, 6) is 1.40. The molecule has 1 aliphatic rings. The number of rotatable bonds is 11. The maximum Gasteiger partial charge on any atom is 0.305 e. The number of halogens is 2. The number of alkyl halides is 2. The molecule has 28 heavy (non-hydrogen) atoms. The summed E-state index contributed by atoms with van der Waals surface area (Å²) >= 11 is 0. The monoisotopic (exact) mass is 399 g/mol. The van der Waals surface area contributed by atoms with Gasteiger partial charge in [0.2, 0.25) is 5.91 Å². The van der Waals surface area contributed by atoms with E-state index < -0.39 is 18.4 Å². The molecular weight excluding hydrogens is 368 g/mol. The lowest BCUT2D eigenvalue weighted by Crippen LogP contribution is -2.34. The second-order valence-electron chi connectivity index (χ2n) is 6.91. The van der Waals surface area contributed by atoms with Crippen LogP contribution in [0.3, 0.4) is 0 Å². The first-order valence-corrected chi connectivity index (χ1v) is 9.88. The van der Waals surface area contributed by atoms with Crippen LogP contribution >= 0.6 is 0 Å². The van der Waals surface area contributed by atoms with Crippen molar-refractivity contribution in [3.8, 4) is 11.8 Å². The van der Waals surface area contributed by atoms with Crippen LogP contribution in [-0.2, 0) is 14.3 Å². The quantitative estimate of drug-likeness (QED) is 0.250. The van der Waals surface area contributed by atoms with Crippen LogP contribution in [0.4, 0.5) is 8.78 Å². The third-order valence-corrected chi connectivity index (χ3v) is 4.71. The van der Waals surface area contributed by atoms with Crippen LogP contribution in [-0.4, -0.2) is 53.6 Å². The summed E-state index contributed by atoms with van der Waals surface area (Å²) in [5.41, 5.74) is 0. The fourth-order valence-electron chi connectivity index (χ4n) is 3.04. The fraction of sp³-hybridized carbons (Fsp3) is 0.714. The van der Waals surface area contributed by atoms with Gasteiger partial charge in [-0.25, -0.2) is 8.78 Å². The lowest BCUT2D eigenvalue weighted by Gasteiger charge is -2.23. The minimum Gasteiger partial charge on any atom is -0.469 e. The van der Waals surface area contributed by atoms with Crippen molar-refractivity contribution in [1.82, 2.24) is 4.90 Å². The fourth-order valence-corrected chi connectivity index (χ4v) is 3.04. The SMILES string of the molecule is CCC#CCC(F)(F)[C@H](O)C=C[C@H]1CCC(=O)N1CCCCCCC(=O)OC. The Labute approximate surface area is 166 Å². The zero-order valence-electron chi connectivity index (χ0n) is 16.8. The van der Waals surface area contributed by atoms with Crippen LogP contribution in [0.25, 0.3) is 0 Å². The molecule has 2 atom stereocenters. The molecule has 0 aromatic rings. The molecular formula is C21H31F2NO4. The highest BCUT2D eigenvalue weighted by molar-refractivity contribution is 5.79. The van der Waals surface area contributed by atoms with Crippen molar-refractivity contribution < 1.29 is 28.2 Å².